The van der Waals surface area contributed by atoms with Crippen molar-refractivity contribution in [1.82, 2.24) is 10.6 Å². The Hall–Kier alpha value is -1.09. The molecule has 0 saturated carbocycles. The molecule has 1 saturated heterocycles. The Morgan fingerprint density at radius 2 is 2.40 bits per heavy atom. The fourth-order valence-electron chi connectivity index (χ4n) is 1.19. The van der Waals surface area contributed by atoms with Crippen molar-refractivity contribution < 1.29 is 14.3 Å². The molecule has 0 radical (unpaired) electrons. The highest BCUT2D eigenvalue weighted by atomic mass is 16.6. The summed E-state index contributed by atoms with van der Waals surface area (Å²) in [5.74, 6) is 2.31. The molecule has 1 atom stereocenters. The Morgan fingerprint density at radius 3 is 3.07 bits per heavy atom. The number of hydrogen-bond acceptors (Lipinski definition) is 4. The van der Waals surface area contributed by atoms with Crippen molar-refractivity contribution in [2.45, 2.75) is 6.10 Å². The van der Waals surface area contributed by atoms with E-state index >= 15 is 0 Å². The summed E-state index contributed by atoms with van der Waals surface area (Å²) < 4.78 is 10.6. The van der Waals surface area contributed by atoms with E-state index in [0.29, 0.717) is 32.9 Å². The molecule has 1 fully saturated rings. The van der Waals surface area contributed by atoms with E-state index in [9.17, 15) is 4.79 Å². The first-order valence-electron chi connectivity index (χ1n) is 4.93. The molecule has 1 aliphatic heterocycles. The summed E-state index contributed by atoms with van der Waals surface area (Å²) in [5, 5.41) is 5.54. The lowest BCUT2D eigenvalue weighted by molar-refractivity contribution is -0.123. The van der Waals surface area contributed by atoms with Gasteiger partial charge in [-0.25, -0.2) is 0 Å². The van der Waals surface area contributed by atoms with Crippen LogP contribution in [-0.2, 0) is 14.3 Å². The third-order valence-electron chi connectivity index (χ3n) is 1.92. The van der Waals surface area contributed by atoms with E-state index in [2.05, 4.69) is 16.6 Å². The molecule has 1 amide bonds. The number of terminal acetylenes is 1. The third-order valence-corrected chi connectivity index (χ3v) is 1.92. The lowest BCUT2D eigenvalue weighted by Gasteiger charge is -2.23. The van der Waals surface area contributed by atoms with Crippen molar-refractivity contribution in [1.29, 1.82) is 0 Å². The highest BCUT2D eigenvalue weighted by molar-refractivity contribution is 5.78. The SMILES string of the molecule is C#CCNCC(=O)NCC1COCCO1. The van der Waals surface area contributed by atoms with Crippen LogP contribution >= 0.6 is 0 Å². The average Bonchev–Trinajstić information content (AvgIpc) is 2.28. The normalized spacial score (nSPS) is 20.6. The summed E-state index contributed by atoms with van der Waals surface area (Å²) in [6.45, 7) is 2.88. The van der Waals surface area contributed by atoms with Crippen LogP contribution < -0.4 is 10.6 Å². The quantitative estimate of drug-likeness (QED) is 0.441. The van der Waals surface area contributed by atoms with Crippen LogP contribution in [0.25, 0.3) is 0 Å². The largest absolute Gasteiger partial charge is 0.376 e. The van der Waals surface area contributed by atoms with Gasteiger partial charge in [-0.15, -0.1) is 6.42 Å². The summed E-state index contributed by atoms with van der Waals surface area (Å²) >= 11 is 0. The molecule has 1 heterocycles. The second-order valence-electron chi connectivity index (χ2n) is 3.18. The van der Waals surface area contributed by atoms with Gasteiger partial charge in [-0.05, 0) is 0 Å². The summed E-state index contributed by atoms with van der Waals surface area (Å²) in [4.78, 5) is 11.2. The van der Waals surface area contributed by atoms with Gasteiger partial charge < -0.3 is 14.8 Å². The van der Waals surface area contributed by atoms with E-state index in [1.807, 2.05) is 0 Å². The Balaban J connectivity index is 2.03. The molecular weight excluding hydrogens is 196 g/mol. The maximum atomic E-state index is 11.2. The van der Waals surface area contributed by atoms with Crippen molar-refractivity contribution >= 4 is 5.91 Å². The molecule has 2 N–H and O–H groups in total. The van der Waals surface area contributed by atoms with Crippen molar-refractivity contribution in [2.75, 3.05) is 39.5 Å². The molecule has 5 nitrogen and oxygen atoms in total. The number of ether oxygens (including phenoxy) is 2. The van der Waals surface area contributed by atoms with E-state index in [1.54, 1.807) is 0 Å². The van der Waals surface area contributed by atoms with Gasteiger partial charge in [-0.2, -0.15) is 0 Å². The smallest absolute Gasteiger partial charge is 0.234 e. The van der Waals surface area contributed by atoms with Crippen LogP contribution in [0.15, 0.2) is 0 Å². The van der Waals surface area contributed by atoms with E-state index in [0.717, 1.165) is 0 Å². The molecule has 0 aliphatic carbocycles. The van der Waals surface area contributed by atoms with Crippen LogP contribution in [-0.4, -0.2) is 51.5 Å². The van der Waals surface area contributed by atoms with Gasteiger partial charge in [-0.1, -0.05) is 5.92 Å². The number of nitrogens with one attached hydrogen (secondary N) is 2. The van der Waals surface area contributed by atoms with Crippen LogP contribution in [0.1, 0.15) is 0 Å². The molecule has 0 bridgehead atoms. The lowest BCUT2D eigenvalue weighted by Crippen LogP contribution is -2.42. The fourth-order valence-corrected chi connectivity index (χ4v) is 1.19. The first-order valence-corrected chi connectivity index (χ1v) is 4.93. The van der Waals surface area contributed by atoms with E-state index in [1.165, 1.54) is 0 Å². The van der Waals surface area contributed by atoms with Crippen molar-refractivity contribution in [2.24, 2.45) is 0 Å². The summed E-state index contributed by atoms with van der Waals surface area (Å²) in [7, 11) is 0. The molecule has 15 heavy (non-hydrogen) atoms. The van der Waals surface area contributed by atoms with Crippen molar-refractivity contribution in [3.63, 3.8) is 0 Å². The number of rotatable bonds is 5. The number of carbonyl (C=O) groups is 1. The lowest BCUT2D eigenvalue weighted by atomic mass is 10.3. The maximum absolute atomic E-state index is 11.2. The average molecular weight is 212 g/mol. The van der Waals surface area contributed by atoms with Crippen LogP contribution in [0, 0.1) is 12.3 Å². The highest BCUT2D eigenvalue weighted by Crippen LogP contribution is 1.98. The monoisotopic (exact) mass is 212 g/mol. The topological polar surface area (TPSA) is 59.6 Å². The molecule has 0 aromatic carbocycles. The maximum Gasteiger partial charge on any atom is 0.234 e. The van der Waals surface area contributed by atoms with Crippen LogP contribution in [0.5, 0.6) is 0 Å². The van der Waals surface area contributed by atoms with Gasteiger partial charge in [0.2, 0.25) is 5.91 Å². The standard InChI is InChI=1S/C10H16N2O3/c1-2-3-11-7-10(13)12-6-9-8-14-4-5-15-9/h1,9,11H,3-8H2,(H,12,13). The summed E-state index contributed by atoms with van der Waals surface area (Å²) in [5.41, 5.74) is 0. The zero-order valence-electron chi connectivity index (χ0n) is 8.62. The predicted molar refractivity (Wildman–Crippen MR) is 55.3 cm³/mol. The fraction of sp³-hybridized carbons (Fsp3) is 0.700. The Labute approximate surface area is 89.5 Å². The molecule has 0 aromatic rings. The van der Waals surface area contributed by atoms with Gasteiger partial charge >= 0.3 is 0 Å². The van der Waals surface area contributed by atoms with Crippen LogP contribution in [0.3, 0.4) is 0 Å². The van der Waals surface area contributed by atoms with Crippen molar-refractivity contribution in [3.8, 4) is 12.3 Å². The molecule has 1 aliphatic rings. The summed E-state index contributed by atoms with van der Waals surface area (Å²) in [6, 6.07) is 0. The van der Waals surface area contributed by atoms with Gasteiger partial charge in [0.15, 0.2) is 0 Å². The molecule has 0 aromatic heterocycles. The molecule has 5 heteroatoms. The van der Waals surface area contributed by atoms with Gasteiger partial charge in [0.1, 0.15) is 0 Å². The molecule has 1 rings (SSSR count). The van der Waals surface area contributed by atoms with Gasteiger partial charge in [0, 0.05) is 6.54 Å². The van der Waals surface area contributed by atoms with Gasteiger partial charge in [0.25, 0.3) is 0 Å². The number of hydrogen-bond donors (Lipinski definition) is 2. The number of amides is 1. The summed E-state index contributed by atoms with van der Waals surface area (Å²) in [6.07, 6.45) is 4.99. The van der Waals surface area contributed by atoms with Gasteiger partial charge in [-0.3, -0.25) is 10.1 Å². The molecule has 0 spiro atoms. The Morgan fingerprint density at radius 1 is 1.53 bits per heavy atom. The zero-order chi connectivity index (χ0) is 10.9. The Bertz CT molecular complexity index is 231. The zero-order valence-corrected chi connectivity index (χ0v) is 8.62. The minimum atomic E-state index is -0.0839. The van der Waals surface area contributed by atoms with Crippen LogP contribution in [0.2, 0.25) is 0 Å². The van der Waals surface area contributed by atoms with E-state index in [-0.39, 0.29) is 18.6 Å². The van der Waals surface area contributed by atoms with Gasteiger partial charge in [0.05, 0.1) is 39.0 Å². The Kier molecular flexibility index (Phi) is 5.78. The minimum absolute atomic E-state index is 0.0321. The minimum Gasteiger partial charge on any atom is -0.376 e. The van der Waals surface area contributed by atoms with Crippen molar-refractivity contribution in [3.05, 3.63) is 0 Å². The highest BCUT2D eigenvalue weighted by Gasteiger charge is 2.14. The van der Waals surface area contributed by atoms with Crippen LogP contribution in [0.4, 0.5) is 0 Å². The van der Waals surface area contributed by atoms with E-state index in [4.69, 9.17) is 15.9 Å². The molecule has 84 valence electrons. The number of carbonyl (C=O) groups excluding carboxylic acids is 1. The second kappa shape index (κ2) is 7.23. The first-order chi connectivity index (χ1) is 7.33. The first kappa shape index (κ1) is 12.0. The third kappa shape index (κ3) is 5.37. The predicted octanol–water partition coefficient (Wildman–Crippen LogP) is -1.26. The van der Waals surface area contributed by atoms with E-state index < -0.39 is 0 Å². The molecule has 1 unspecified atom stereocenters. The second-order valence-corrected chi connectivity index (χ2v) is 3.18. The molecular formula is C10H16N2O3.